The molecular weight excluding hydrogens is 462 g/mol. The fraction of sp³-hybridized carbons (Fsp3) is 0.667. The van der Waals surface area contributed by atoms with E-state index in [0.717, 1.165) is 37.7 Å². The minimum absolute atomic E-state index is 0.0247. The Kier molecular flexibility index (Phi) is 8.11. The molecule has 3 aliphatic heterocycles. The predicted octanol–water partition coefficient (Wildman–Crippen LogP) is 2.72. The third-order valence-corrected chi connectivity index (χ3v) is 9.92. The lowest BCUT2D eigenvalue weighted by atomic mass is 9.66. The van der Waals surface area contributed by atoms with Crippen molar-refractivity contribution in [2.75, 3.05) is 13.2 Å². The second-order valence-electron chi connectivity index (χ2n) is 10.6. The van der Waals surface area contributed by atoms with Crippen LogP contribution in [0.3, 0.4) is 0 Å². The first-order valence-corrected chi connectivity index (χ1v) is 13.9. The third kappa shape index (κ3) is 4.84. The fourth-order valence-electron chi connectivity index (χ4n) is 6.37. The van der Waals surface area contributed by atoms with E-state index >= 15 is 0 Å². The molecule has 3 aliphatic rings. The average Bonchev–Trinajstić information content (AvgIpc) is 3.41. The number of carbonyl (C=O) groups excluding carboxylic acids is 3. The second-order valence-corrected chi connectivity index (χ2v) is 12.1. The van der Waals surface area contributed by atoms with E-state index in [2.05, 4.69) is 17.6 Å². The van der Waals surface area contributed by atoms with Crippen molar-refractivity contribution in [3.05, 3.63) is 35.9 Å². The van der Waals surface area contributed by atoms with E-state index in [4.69, 9.17) is 5.11 Å². The van der Waals surface area contributed by atoms with Gasteiger partial charge < -0.3 is 20.6 Å². The molecule has 2 bridgehead atoms. The molecule has 6 atom stereocenters. The molecule has 3 saturated heterocycles. The Bertz CT molecular complexity index is 926. The van der Waals surface area contributed by atoms with Crippen LogP contribution in [0.5, 0.6) is 0 Å². The quantitative estimate of drug-likeness (QED) is 0.405. The summed E-state index contributed by atoms with van der Waals surface area (Å²) in [7, 11) is 0. The maximum Gasteiger partial charge on any atom is 0.244 e. The summed E-state index contributed by atoms with van der Waals surface area (Å²) in [4.78, 5) is 42.7. The molecule has 0 aromatic heterocycles. The third-order valence-electron chi connectivity index (χ3n) is 7.84. The zero-order valence-corrected chi connectivity index (χ0v) is 21.9. The Morgan fingerprint density at radius 3 is 2.54 bits per heavy atom. The van der Waals surface area contributed by atoms with Gasteiger partial charge in [0.05, 0.1) is 16.6 Å². The highest BCUT2D eigenvalue weighted by Crippen LogP contribution is 2.68. The highest BCUT2D eigenvalue weighted by atomic mass is 32.2. The molecule has 3 N–H and O–H groups in total. The molecule has 0 radical (unpaired) electrons. The summed E-state index contributed by atoms with van der Waals surface area (Å²) in [5.74, 6) is -0.939. The van der Waals surface area contributed by atoms with Crippen molar-refractivity contribution in [2.24, 2.45) is 17.8 Å². The SMILES string of the molecule is CC(C)NC(=O)C1N(CCCCCCO)C(=O)[C@@H]2[C@@H](C(=O)NCc3ccccc3)[C@H]3CC(C)C12S3. The summed E-state index contributed by atoms with van der Waals surface area (Å²) in [5.41, 5.74) is 1.02. The van der Waals surface area contributed by atoms with Gasteiger partial charge in [-0.3, -0.25) is 14.4 Å². The number of hydrogen-bond donors (Lipinski definition) is 3. The molecule has 3 fully saturated rings. The normalized spacial score (nSPS) is 31.2. The Morgan fingerprint density at radius 1 is 1.14 bits per heavy atom. The monoisotopic (exact) mass is 501 g/mol. The summed E-state index contributed by atoms with van der Waals surface area (Å²) in [6, 6.07) is 9.21. The lowest BCUT2D eigenvalue weighted by Gasteiger charge is -2.39. The van der Waals surface area contributed by atoms with Crippen molar-refractivity contribution in [1.82, 2.24) is 15.5 Å². The first kappa shape index (κ1) is 26.0. The molecule has 0 saturated carbocycles. The molecule has 35 heavy (non-hydrogen) atoms. The van der Waals surface area contributed by atoms with Crippen LogP contribution in [0.25, 0.3) is 0 Å². The van der Waals surface area contributed by atoms with E-state index in [1.807, 2.05) is 44.2 Å². The van der Waals surface area contributed by atoms with Crippen LogP contribution in [0.1, 0.15) is 58.4 Å². The minimum Gasteiger partial charge on any atom is -0.396 e. The first-order valence-electron chi connectivity index (χ1n) is 13.0. The van der Waals surface area contributed by atoms with E-state index in [0.29, 0.717) is 13.1 Å². The van der Waals surface area contributed by atoms with Gasteiger partial charge in [0.15, 0.2) is 0 Å². The number of carbonyl (C=O) groups is 3. The van der Waals surface area contributed by atoms with Gasteiger partial charge in [-0.1, -0.05) is 50.1 Å². The van der Waals surface area contributed by atoms with Gasteiger partial charge in [-0.05, 0) is 44.6 Å². The van der Waals surface area contributed by atoms with Crippen molar-refractivity contribution in [3.8, 4) is 0 Å². The van der Waals surface area contributed by atoms with Crippen molar-refractivity contribution < 1.29 is 19.5 Å². The van der Waals surface area contributed by atoms with Crippen LogP contribution >= 0.6 is 11.8 Å². The van der Waals surface area contributed by atoms with Crippen LogP contribution in [-0.4, -0.2) is 63.0 Å². The van der Waals surface area contributed by atoms with E-state index in [9.17, 15) is 14.4 Å². The molecule has 8 heteroatoms. The Hall–Kier alpha value is -2.06. The van der Waals surface area contributed by atoms with Crippen LogP contribution in [0.4, 0.5) is 0 Å². The van der Waals surface area contributed by atoms with Crippen molar-refractivity contribution in [2.45, 2.75) is 81.5 Å². The van der Waals surface area contributed by atoms with Gasteiger partial charge >= 0.3 is 0 Å². The lowest BCUT2D eigenvalue weighted by Crippen LogP contribution is -2.57. The predicted molar refractivity (Wildman–Crippen MR) is 137 cm³/mol. The Balaban J connectivity index is 1.58. The Morgan fingerprint density at radius 2 is 1.86 bits per heavy atom. The van der Waals surface area contributed by atoms with E-state index in [-0.39, 0.29) is 41.5 Å². The first-order chi connectivity index (χ1) is 16.8. The van der Waals surface area contributed by atoms with Gasteiger partial charge in [0.2, 0.25) is 17.7 Å². The zero-order valence-electron chi connectivity index (χ0n) is 21.0. The largest absolute Gasteiger partial charge is 0.396 e. The number of unbranched alkanes of at least 4 members (excludes halogenated alkanes) is 3. The molecular formula is C27H39N3O4S. The van der Waals surface area contributed by atoms with Gasteiger partial charge in [-0.15, -0.1) is 11.8 Å². The topological polar surface area (TPSA) is 98.7 Å². The number of aliphatic hydroxyl groups excluding tert-OH is 1. The highest BCUT2D eigenvalue weighted by molar-refractivity contribution is 8.02. The number of nitrogens with zero attached hydrogens (tertiary/aromatic N) is 1. The average molecular weight is 502 g/mol. The molecule has 192 valence electrons. The maximum atomic E-state index is 13.9. The fourth-order valence-corrected chi connectivity index (χ4v) is 8.80. The number of aliphatic hydroxyl groups is 1. The van der Waals surface area contributed by atoms with Gasteiger partial charge in [-0.25, -0.2) is 0 Å². The minimum atomic E-state index is -0.569. The summed E-state index contributed by atoms with van der Waals surface area (Å²) in [6.45, 7) is 7.13. The summed E-state index contributed by atoms with van der Waals surface area (Å²) in [5, 5.41) is 15.3. The van der Waals surface area contributed by atoms with E-state index < -0.39 is 22.6 Å². The number of likely N-dealkylation sites (tertiary alicyclic amines) is 1. The van der Waals surface area contributed by atoms with Crippen LogP contribution in [0.2, 0.25) is 0 Å². The number of rotatable bonds is 11. The maximum absolute atomic E-state index is 13.9. The second kappa shape index (κ2) is 10.9. The number of benzene rings is 1. The molecule has 3 unspecified atom stereocenters. The highest BCUT2D eigenvalue weighted by Gasteiger charge is 2.75. The van der Waals surface area contributed by atoms with Crippen LogP contribution in [-0.2, 0) is 20.9 Å². The molecule has 1 aromatic rings. The van der Waals surface area contributed by atoms with Crippen LogP contribution < -0.4 is 10.6 Å². The number of amides is 3. The van der Waals surface area contributed by atoms with Crippen LogP contribution in [0, 0.1) is 17.8 Å². The molecule has 4 rings (SSSR count). The van der Waals surface area contributed by atoms with E-state index in [1.165, 1.54) is 0 Å². The molecule has 7 nitrogen and oxygen atoms in total. The summed E-state index contributed by atoms with van der Waals surface area (Å²) >= 11 is 1.72. The molecule has 3 amide bonds. The van der Waals surface area contributed by atoms with E-state index in [1.54, 1.807) is 16.7 Å². The molecule has 1 aromatic carbocycles. The van der Waals surface area contributed by atoms with Crippen molar-refractivity contribution >= 4 is 29.5 Å². The Labute approximate surface area is 212 Å². The van der Waals surface area contributed by atoms with Crippen molar-refractivity contribution in [3.63, 3.8) is 0 Å². The number of nitrogens with one attached hydrogen (secondary N) is 2. The van der Waals surface area contributed by atoms with Gasteiger partial charge in [-0.2, -0.15) is 0 Å². The van der Waals surface area contributed by atoms with Crippen molar-refractivity contribution in [1.29, 1.82) is 0 Å². The molecule has 0 aliphatic carbocycles. The lowest BCUT2D eigenvalue weighted by molar-refractivity contribution is -0.140. The van der Waals surface area contributed by atoms with Gasteiger partial charge in [0.1, 0.15) is 6.04 Å². The summed E-state index contributed by atoms with van der Waals surface area (Å²) < 4.78 is -0.569. The van der Waals surface area contributed by atoms with Gasteiger partial charge in [0, 0.05) is 31.0 Å². The standard InChI is InChI=1S/C27H39N3O4S/c1-17(2)29-25(33)23-27-18(3)15-20(35-27)21(24(32)28-16-19-11-7-6-8-12-19)22(27)26(34)30(23)13-9-4-5-10-14-31/h6-8,11-12,17-18,20-23,31H,4-5,9-10,13-16H2,1-3H3,(H,28,32)(H,29,33)/t18?,20-,21+,22+,23?,27?/m1/s1. The van der Waals surface area contributed by atoms with Gasteiger partial charge in [0.25, 0.3) is 0 Å². The summed E-state index contributed by atoms with van der Waals surface area (Å²) in [6.07, 6.45) is 4.16. The van der Waals surface area contributed by atoms with Crippen LogP contribution in [0.15, 0.2) is 30.3 Å². The zero-order chi connectivity index (χ0) is 25.2. The molecule has 1 spiro atoms. The smallest absolute Gasteiger partial charge is 0.244 e. The number of fused-ring (bicyclic) bond motifs is 1. The number of thioether (sulfide) groups is 1. The number of hydrogen-bond acceptors (Lipinski definition) is 5. The molecule has 3 heterocycles.